The number of aromatic nitrogens is 2. The zero-order chi connectivity index (χ0) is 38.4. The van der Waals surface area contributed by atoms with Gasteiger partial charge in [-0.3, -0.25) is 4.84 Å². The summed E-state index contributed by atoms with van der Waals surface area (Å²) in [6, 6.07) is 5.98. The Bertz CT molecular complexity index is 1570. The number of carbonyl (C=O) groups is 2. The number of hydrogen-bond acceptors (Lipinski definition) is 9. The van der Waals surface area contributed by atoms with Crippen LogP contribution in [0.15, 0.2) is 35.7 Å². The van der Waals surface area contributed by atoms with Crippen LogP contribution in [0.5, 0.6) is 5.75 Å². The van der Waals surface area contributed by atoms with E-state index in [9.17, 15) is 9.59 Å². The van der Waals surface area contributed by atoms with E-state index in [0.29, 0.717) is 44.6 Å². The van der Waals surface area contributed by atoms with Crippen LogP contribution >= 0.6 is 0 Å². The number of nitrogens with two attached hydrogens (primary N) is 1. The fourth-order valence-electron chi connectivity index (χ4n) is 5.40. The Morgan fingerprint density at radius 2 is 1.76 bits per heavy atom. The fourth-order valence-corrected chi connectivity index (χ4v) is 6.74. The Morgan fingerprint density at radius 3 is 2.35 bits per heavy atom. The lowest BCUT2D eigenvalue weighted by atomic mass is 9.89. The zero-order valence-corrected chi connectivity index (χ0v) is 33.7. The molecule has 0 aliphatic carbocycles. The molecule has 0 bridgehead atoms. The maximum Gasteiger partial charge on any atom is 0.407 e. The van der Waals surface area contributed by atoms with Crippen molar-refractivity contribution in [2.24, 2.45) is 11.0 Å². The van der Waals surface area contributed by atoms with E-state index < -0.39 is 43.3 Å². The highest BCUT2D eigenvalue weighted by molar-refractivity contribution is 6.74. The Hall–Kier alpha value is -3.62. The number of hydrogen-bond donors (Lipinski definition) is 2. The van der Waals surface area contributed by atoms with E-state index in [0.717, 1.165) is 16.7 Å². The van der Waals surface area contributed by atoms with Crippen LogP contribution < -0.4 is 20.6 Å². The second kappa shape index (κ2) is 16.4. The largest absolute Gasteiger partial charge is 0.486 e. The summed E-state index contributed by atoms with van der Waals surface area (Å²) in [6.45, 7) is 25.1. The first kappa shape index (κ1) is 41.8. The number of amides is 1. The second-order valence-corrected chi connectivity index (χ2v) is 21.6. The summed E-state index contributed by atoms with van der Waals surface area (Å²) in [7, 11) is -2.24. The third kappa shape index (κ3) is 11.7. The van der Waals surface area contributed by atoms with Crippen LogP contribution in [0.1, 0.15) is 87.6 Å². The molecule has 1 aromatic heterocycles. The summed E-state index contributed by atoms with van der Waals surface area (Å²) in [5.74, 6) is 5.72. The summed E-state index contributed by atoms with van der Waals surface area (Å²) in [5, 5.41) is 6.59. The Kier molecular flexibility index (Phi) is 13.4. The first-order valence-electron chi connectivity index (χ1n) is 17.6. The molecule has 2 heterocycles. The van der Waals surface area contributed by atoms with Gasteiger partial charge in [0.1, 0.15) is 29.6 Å². The van der Waals surface area contributed by atoms with Gasteiger partial charge in [-0.2, -0.15) is 4.68 Å². The molecular weight excluding hydrogens is 671 g/mol. The predicted molar refractivity (Wildman–Crippen MR) is 197 cm³/mol. The number of alkyl carbamates (subject to hydrolysis) is 1. The third-order valence-corrected chi connectivity index (χ3v) is 13.7. The van der Waals surface area contributed by atoms with Crippen molar-refractivity contribution < 1.29 is 37.7 Å². The number of nitrogens with zero attached hydrogens (tertiary/aromatic N) is 5. The molecule has 15 heteroatoms. The molecule has 1 amide bonds. The summed E-state index contributed by atoms with van der Waals surface area (Å²) < 4.78 is 28.5. The average Bonchev–Trinajstić information content (AvgIpc) is 3.40. The molecule has 0 saturated carbocycles. The number of rotatable bonds is 14. The summed E-state index contributed by atoms with van der Waals surface area (Å²) in [4.78, 5) is 33.8. The molecule has 1 aliphatic rings. The van der Waals surface area contributed by atoms with Gasteiger partial charge in [0.05, 0.1) is 17.9 Å². The highest BCUT2D eigenvalue weighted by Gasteiger charge is 2.48. The van der Waals surface area contributed by atoms with Gasteiger partial charge in [0.15, 0.2) is 14.9 Å². The Balaban J connectivity index is 1.93. The van der Waals surface area contributed by atoms with Gasteiger partial charge < -0.3 is 24.0 Å². The number of aryl methyl sites for hydroxylation is 2. The van der Waals surface area contributed by atoms with E-state index in [2.05, 4.69) is 77.0 Å². The molecule has 0 spiro atoms. The molecule has 51 heavy (non-hydrogen) atoms. The van der Waals surface area contributed by atoms with E-state index >= 15 is 0 Å². The quantitative estimate of drug-likeness (QED) is 0.0314. The number of ether oxygens (including phenoxy) is 3. The van der Waals surface area contributed by atoms with Crippen molar-refractivity contribution in [3.8, 4) is 16.9 Å². The van der Waals surface area contributed by atoms with Crippen molar-refractivity contribution >= 4 is 20.4 Å². The van der Waals surface area contributed by atoms with E-state index in [4.69, 9.17) is 34.9 Å². The van der Waals surface area contributed by atoms with E-state index in [1.807, 2.05) is 32.9 Å². The van der Waals surface area contributed by atoms with Gasteiger partial charge >= 0.3 is 12.1 Å². The van der Waals surface area contributed by atoms with E-state index in [1.54, 1.807) is 27.7 Å². The van der Waals surface area contributed by atoms with Crippen LogP contribution in [0.2, 0.25) is 18.1 Å². The minimum absolute atomic E-state index is 0.0465. The van der Waals surface area contributed by atoms with Crippen LogP contribution in [0.3, 0.4) is 0 Å². The second-order valence-electron chi connectivity index (χ2n) is 16.9. The van der Waals surface area contributed by atoms with Gasteiger partial charge in [-0.15, -0.1) is 4.68 Å². The smallest absolute Gasteiger partial charge is 0.407 e. The van der Waals surface area contributed by atoms with E-state index in [1.165, 1.54) is 0 Å². The average molecular weight is 731 g/mol. The van der Waals surface area contributed by atoms with Gasteiger partial charge in [0.2, 0.25) is 11.8 Å². The molecule has 3 rings (SSSR count). The number of carbonyl (C=O) groups excluding carboxylic acids is 2. The Morgan fingerprint density at radius 1 is 1.10 bits per heavy atom. The number of benzene rings is 1. The Labute approximate surface area is 304 Å². The molecular formula is C36H60N7O7Si+. The van der Waals surface area contributed by atoms with Crippen LogP contribution in [0.25, 0.3) is 21.6 Å². The fraction of sp³-hybridized carbons (Fsp3) is 0.694. The molecule has 14 nitrogen and oxygen atoms in total. The minimum atomic E-state index is -2.24. The van der Waals surface area contributed by atoms with Crippen LogP contribution in [-0.2, 0) is 43.0 Å². The first-order chi connectivity index (χ1) is 23.5. The molecule has 284 valence electrons. The molecule has 2 aromatic rings. The standard InChI is InChI=1S/C36H59N7O7Si/c1-33(2,3)47-31(44)36(10,50-38)30-17-15-26-20-25(14-16-29(26)46-30)27-22-42(19-13-18-40-41-37)43(23-27)24-28(49-51(11,12)35(7,8)9)21-39-32(45)48-34(4,5)6/h14,16,20,22-23,28,30H,13,15,17-19,21,24,38H2,1-12H3/p+1. The van der Waals surface area contributed by atoms with Crippen LogP contribution in [0, 0.1) is 0 Å². The van der Waals surface area contributed by atoms with Crippen molar-refractivity contribution in [2.45, 2.75) is 149 Å². The summed E-state index contributed by atoms with van der Waals surface area (Å²) >= 11 is 0. The minimum Gasteiger partial charge on any atom is -0.486 e. The highest BCUT2D eigenvalue weighted by atomic mass is 28.4. The van der Waals surface area contributed by atoms with Gasteiger partial charge in [-0.1, -0.05) is 32.0 Å². The predicted octanol–water partition coefficient (Wildman–Crippen LogP) is 6.74. The number of azide groups is 1. The summed E-state index contributed by atoms with van der Waals surface area (Å²) in [5.41, 5.74) is 8.96. The number of fused-ring (bicyclic) bond motifs is 1. The molecule has 1 aromatic carbocycles. The van der Waals surface area contributed by atoms with Gasteiger partial charge in [-0.05, 0) is 108 Å². The first-order valence-corrected chi connectivity index (χ1v) is 20.6. The van der Waals surface area contributed by atoms with Crippen molar-refractivity contribution in [3.05, 3.63) is 46.6 Å². The van der Waals surface area contributed by atoms with Gasteiger partial charge in [0.25, 0.3) is 0 Å². The third-order valence-electron chi connectivity index (χ3n) is 9.15. The molecule has 1 aliphatic heterocycles. The zero-order valence-electron chi connectivity index (χ0n) is 32.7. The van der Waals surface area contributed by atoms with Crippen molar-refractivity contribution in [2.75, 3.05) is 13.1 Å². The normalized spacial score (nSPS) is 16.9. The molecule has 3 atom stereocenters. The monoisotopic (exact) mass is 730 g/mol. The van der Waals surface area contributed by atoms with Crippen LogP contribution in [0.4, 0.5) is 4.79 Å². The SMILES string of the molecule is CC(C)(C)OC(=O)NCC(Cn1cc(-c2ccc3c(c2)CCC(C(C)(ON)C(=O)OC(C)(C)C)O3)c[n+]1CCCN=[N+]=[N-])O[Si](C)(C)C(C)(C)C. The lowest BCUT2D eigenvalue weighted by molar-refractivity contribution is -0.775. The summed E-state index contributed by atoms with van der Waals surface area (Å²) in [6.07, 6.45) is 4.44. The maximum atomic E-state index is 13.1. The highest BCUT2D eigenvalue weighted by Crippen LogP contribution is 2.38. The van der Waals surface area contributed by atoms with Crippen molar-refractivity contribution in [1.82, 2.24) is 10.00 Å². The van der Waals surface area contributed by atoms with Gasteiger partial charge in [-0.25, -0.2) is 15.5 Å². The number of nitrogens with one attached hydrogen (secondary N) is 1. The lowest BCUT2D eigenvalue weighted by Crippen LogP contribution is -2.56. The molecule has 3 N–H and O–H groups in total. The van der Waals surface area contributed by atoms with Gasteiger partial charge in [0, 0.05) is 24.4 Å². The maximum absolute atomic E-state index is 13.1. The number of esters is 1. The molecule has 0 radical (unpaired) electrons. The molecule has 3 unspecified atom stereocenters. The van der Waals surface area contributed by atoms with Crippen molar-refractivity contribution in [3.63, 3.8) is 0 Å². The molecule has 0 fully saturated rings. The van der Waals surface area contributed by atoms with E-state index in [-0.39, 0.29) is 17.7 Å². The van der Waals surface area contributed by atoms with Crippen molar-refractivity contribution in [1.29, 1.82) is 0 Å². The molecule has 0 saturated heterocycles. The topological polar surface area (TPSA) is 176 Å². The van der Waals surface area contributed by atoms with Crippen LogP contribution in [-0.4, -0.2) is 67.2 Å². The lowest BCUT2D eigenvalue weighted by Gasteiger charge is -2.39.